The van der Waals surface area contributed by atoms with Crippen LogP contribution >= 0.6 is 0 Å². The van der Waals surface area contributed by atoms with E-state index in [1.807, 2.05) is 0 Å². The summed E-state index contributed by atoms with van der Waals surface area (Å²) in [5.74, 6) is -1.29. The van der Waals surface area contributed by atoms with Crippen LogP contribution in [0, 0.1) is 17.2 Å². The number of carbonyl (C=O) groups is 1. The van der Waals surface area contributed by atoms with E-state index in [0.717, 1.165) is 18.2 Å². The Labute approximate surface area is 178 Å². The van der Waals surface area contributed by atoms with E-state index in [-0.39, 0.29) is 33.5 Å². The fraction of sp³-hybridized carbons (Fsp3) is 0.300. The number of hydrogen-bond donors (Lipinski definition) is 3. The zero-order valence-corrected chi connectivity index (χ0v) is 17.7. The van der Waals surface area contributed by atoms with Crippen molar-refractivity contribution in [2.24, 2.45) is 5.92 Å². The lowest BCUT2D eigenvalue weighted by molar-refractivity contribution is -0.158. The second-order valence-corrected chi connectivity index (χ2v) is 8.69. The minimum atomic E-state index is -4.27. The molecule has 166 valence electrons. The highest BCUT2D eigenvalue weighted by Gasteiger charge is 2.25. The van der Waals surface area contributed by atoms with E-state index in [1.165, 1.54) is 24.3 Å². The second-order valence-electron chi connectivity index (χ2n) is 7.04. The highest BCUT2D eigenvalue weighted by Crippen LogP contribution is 2.27. The van der Waals surface area contributed by atoms with Crippen LogP contribution in [-0.2, 0) is 14.8 Å². The maximum atomic E-state index is 13.0. The van der Waals surface area contributed by atoms with Crippen molar-refractivity contribution in [1.29, 1.82) is 5.26 Å². The number of halogens is 2. The molecule has 0 saturated heterocycles. The lowest BCUT2D eigenvalue weighted by Gasteiger charge is -2.16. The van der Waals surface area contributed by atoms with Gasteiger partial charge < -0.3 is 15.2 Å². The number of anilines is 2. The standard InChI is InChI=1S/C20H21F2N3O5S/c1-12(2)18(26)19(27)24-14-7-8-17(13(9-14)11-23)31(28,29)25-15-5-4-6-16(10-15)30-20(3,21)22/h4-10,12,18,25-26H,1-3H3,(H,24,27)/t18-/m0/s1. The van der Waals surface area contributed by atoms with Gasteiger partial charge in [-0.2, -0.15) is 14.0 Å². The van der Waals surface area contributed by atoms with E-state index in [2.05, 4.69) is 14.8 Å². The average molecular weight is 453 g/mol. The van der Waals surface area contributed by atoms with Gasteiger partial charge in [-0.05, 0) is 36.2 Å². The molecule has 0 heterocycles. The fourth-order valence-electron chi connectivity index (χ4n) is 2.49. The predicted octanol–water partition coefficient (Wildman–Crippen LogP) is 3.31. The molecular formula is C20H21F2N3O5S. The first-order valence-corrected chi connectivity index (χ1v) is 10.5. The van der Waals surface area contributed by atoms with Gasteiger partial charge in [-0.1, -0.05) is 19.9 Å². The van der Waals surface area contributed by atoms with E-state index in [1.54, 1.807) is 19.9 Å². The number of nitrogens with one attached hydrogen (secondary N) is 2. The van der Waals surface area contributed by atoms with Crippen LogP contribution in [0.15, 0.2) is 47.4 Å². The summed E-state index contributed by atoms with van der Waals surface area (Å²) in [5.41, 5.74) is -0.194. The van der Waals surface area contributed by atoms with Gasteiger partial charge in [0.15, 0.2) is 0 Å². The van der Waals surface area contributed by atoms with Gasteiger partial charge in [0.05, 0.1) is 11.3 Å². The first-order valence-electron chi connectivity index (χ1n) is 9.05. The quantitative estimate of drug-likeness (QED) is 0.563. The fourth-order valence-corrected chi connectivity index (χ4v) is 3.68. The third kappa shape index (κ3) is 6.63. The summed E-state index contributed by atoms with van der Waals surface area (Å²) in [6.45, 7) is 3.84. The van der Waals surface area contributed by atoms with Crippen molar-refractivity contribution >= 4 is 27.3 Å². The average Bonchev–Trinajstić information content (AvgIpc) is 2.65. The monoisotopic (exact) mass is 453 g/mol. The number of sulfonamides is 1. The van der Waals surface area contributed by atoms with Gasteiger partial charge in [-0.15, -0.1) is 0 Å². The number of amides is 1. The molecule has 0 aliphatic carbocycles. The Hall–Kier alpha value is -3.23. The minimum absolute atomic E-state index is 0.0527. The number of hydrogen-bond acceptors (Lipinski definition) is 6. The molecular weight excluding hydrogens is 432 g/mol. The lowest BCUT2D eigenvalue weighted by Crippen LogP contribution is -2.31. The molecule has 0 unspecified atom stereocenters. The number of nitrogens with zero attached hydrogens (tertiary/aromatic N) is 1. The lowest BCUT2D eigenvalue weighted by atomic mass is 10.1. The van der Waals surface area contributed by atoms with Gasteiger partial charge in [0.2, 0.25) is 0 Å². The largest absolute Gasteiger partial charge is 0.433 e. The van der Waals surface area contributed by atoms with Crippen LogP contribution in [0.1, 0.15) is 26.3 Å². The van der Waals surface area contributed by atoms with Gasteiger partial charge in [0.25, 0.3) is 15.9 Å². The number of aliphatic hydroxyl groups excluding tert-OH is 1. The van der Waals surface area contributed by atoms with Crippen molar-refractivity contribution in [1.82, 2.24) is 0 Å². The van der Waals surface area contributed by atoms with E-state index >= 15 is 0 Å². The smallest absolute Gasteiger partial charge is 0.394 e. The third-order valence-electron chi connectivity index (χ3n) is 3.94. The summed E-state index contributed by atoms with van der Waals surface area (Å²) in [7, 11) is -4.27. The summed E-state index contributed by atoms with van der Waals surface area (Å²) < 4.78 is 58.1. The molecule has 2 aromatic rings. The van der Waals surface area contributed by atoms with Crippen LogP contribution < -0.4 is 14.8 Å². The first-order chi connectivity index (χ1) is 14.3. The maximum absolute atomic E-state index is 13.0. The van der Waals surface area contributed by atoms with Crippen LogP contribution in [-0.4, -0.2) is 31.6 Å². The van der Waals surface area contributed by atoms with Crippen LogP contribution in [0.4, 0.5) is 20.2 Å². The Balaban J connectivity index is 2.28. The zero-order valence-electron chi connectivity index (χ0n) is 16.9. The molecule has 0 aliphatic rings. The number of carbonyl (C=O) groups excluding carboxylic acids is 1. The minimum Gasteiger partial charge on any atom is -0.433 e. The van der Waals surface area contributed by atoms with Crippen molar-refractivity contribution < 1.29 is 31.8 Å². The van der Waals surface area contributed by atoms with Gasteiger partial charge in [-0.25, -0.2) is 8.42 Å². The Morgan fingerprint density at radius 2 is 1.87 bits per heavy atom. The van der Waals surface area contributed by atoms with Crippen LogP contribution in [0.2, 0.25) is 0 Å². The van der Waals surface area contributed by atoms with Crippen LogP contribution in [0.5, 0.6) is 5.75 Å². The van der Waals surface area contributed by atoms with Crippen LogP contribution in [0.25, 0.3) is 0 Å². The third-order valence-corrected chi connectivity index (χ3v) is 5.38. The second kappa shape index (κ2) is 9.28. The van der Waals surface area contributed by atoms with Crippen molar-refractivity contribution in [3.05, 3.63) is 48.0 Å². The SMILES string of the molecule is CC(C)[C@H](O)C(=O)Nc1ccc(S(=O)(=O)Nc2cccc(OC(C)(F)F)c2)c(C#N)c1. The molecule has 0 fully saturated rings. The molecule has 1 atom stereocenters. The van der Waals surface area contributed by atoms with E-state index in [9.17, 15) is 32.4 Å². The number of nitriles is 1. The van der Waals surface area contributed by atoms with E-state index in [4.69, 9.17) is 0 Å². The summed E-state index contributed by atoms with van der Waals surface area (Å²) >= 11 is 0. The molecule has 0 spiro atoms. The van der Waals surface area contributed by atoms with Crippen molar-refractivity contribution in [3.63, 3.8) is 0 Å². The number of alkyl halides is 2. The molecule has 0 radical (unpaired) electrons. The number of rotatable bonds is 8. The molecule has 0 bridgehead atoms. The molecule has 8 nitrogen and oxygen atoms in total. The highest BCUT2D eigenvalue weighted by atomic mass is 32.2. The first kappa shape index (κ1) is 24.0. The van der Waals surface area contributed by atoms with Crippen molar-refractivity contribution in [2.45, 2.75) is 37.9 Å². The maximum Gasteiger partial charge on any atom is 0.394 e. The molecule has 2 aromatic carbocycles. The summed E-state index contributed by atoms with van der Waals surface area (Å²) in [6.07, 6.45) is -4.73. The highest BCUT2D eigenvalue weighted by molar-refractivity contribution is 7.92. The molecule has 1 amide bonds. The number of benzene rings is 2. The predicted molar refractivity (Wildman–Crippen MR) is 109 cm³/mol. The molecule has 31 heavy (non-hydrogen) atoms. The Bertz CT molecular complexity index is 1110. The van der Waals surface area contributed by atoms with E-state index < -0.39 is 28.1 Å². The molecule has 11 heteroatoms. The number of aliphatic hydroxyl groups is 1. The summed E-state index contributed by atoms with van der Waals surface area (Å²) in [4.78, 5) is 11.6. The van der Waals surface area contributed by atoms with Gasteiger partial charge in [-0.3, -0.25) is 9.52 Å². The Morgan fingerprint density at radius 1 is 1.19 bits per heavy atom. The molecule has 0 aromatic heterocycles. The number of ether oxygens (including phenoxy) is 1. The van der Waals surface area contributed by atoms with Gasteiger partial charge in [0, 0.05) is 18.7 Å². The van der Waals surface area contributed by atoms with E-state index in [0.29, 0.717) is 6.92 Å². The van der Waals surface area contributed by atoms with Gasteiger partial charge in [0.1, 0.15) is 22.8 Å². The molecule has 3 N–H and O–H groups in total. The Morgan fingerprint density at radius 3 is 2.45 bits per heavy atom. The summed E-state index contributed by atoms with van der Waals surface area (Å²) in [5, 5.41) is 21.6. The van der Waals surface area contributed by atoms with Crippen LogP contribution in [0.3, 0.4) is 0 Å². The summed E-state index contributed by atoms with van der Waals surface area (Å²) in [6, 6.07) is 10.2. The van der Waals surface area contributed by atoms with Crippen molar-refractivity contribution in [2.75, 3.05) is 10.0 Å². The normalized spacial score (nSPS) is 12.7. The topological polar surface area (TPSA) is 129 Å². The molecule has 0 saturated carbocycles. The Kier molecular flexibility index (Phi) is 7.20. The molecule has 0 aliphatic heterocycles. The van der Waals surface area contributed by atoms with Gasteiger partial charge >= 0.3 is 6.11 Å². The molecule has 2 rings (SSSR count). The zero-order chi connectivity index (χ0) is 23.4. The van der Waals surface area contributed by atoms with Crippen molar-refractivity contribution in [3.8, 4) is 11.8 Å².